The largest absolute Gasteiger partial charge is 0.377 e. The molecule has 0 radical (unpaired) electrons. The molecule has 1 aliphatic heterocycles. The highest BCUT2D eigenvalue weighted by molar-refractivity contribution is 5.21. The Labute approximate surface area is 91.6 Å². The number of rotatable bonds is 3. The number of hydrogen-bond acceptors (Lipinski definition) is 2. The van der Waals surface area contributed by atoms with Crippen molar-refractivity contribution in [2.24, 2.45) is 0 Å². The van der Waals surface area contributed by atoms with Crippen LogP contribution in [-0.2, 0) is 11.3 Å². The maximum absolute atomic E-state index is 5.51. The van der Waals surface area contributed by atoms with E-state index < -0.39 is 0 Å². The molecule has 0 aromatic heterocycles. The van der Waals surface area contributed by atoms with E-state index in [4.69, 9.17) is 4.74 Å². The summed E-state index contributed by atoms with van der Waals surface area (Å²) >= 11 is 0. The van der Waals surface area contributed by atoms with Crippen molar-refractivity contribution in [2.75, 3.05) is 6.61 Å². The standard InChI is InChI=1S/C13H19NO/c1-10-3-5-12(6-4-10)9-14-13-7-8-15-11(13)2/h3-6,11,13-14H,7-9H2,1-2H3/t11-,13+/m1/s1. The van der Waals surface area contributed by atoms with Gasteiger partial charge in [-0.25, -0.2) is 0 Å². The topological polar surface area (TPSA) is 21.3 Å². The van der Waals surface area contributed by atoms with E-state index in [0.717, 1.165) is 19.6 Å². The van der Waals surface area contributed by atoms with Crippen LogP contribution in [0.15, 0.2) is 24.3 Å². The van der Waals surface area contributed by atoms with Gasteiger partial charge in [-0.1, -0.05) is 29.8 Å². The van der Waals surface area contributed by atoms with Crippen LogP contribution >= 0.6 is 0 Å². The van der Waals surface area contributed by atoms with Gasteiger partial charge >= 0.3 is 0 Å². The van der Waals surface area contributed by atoms with E-state index >= 15 is 0 Å². The van der Waals surface area contributed by atoms with Gasteiger partial charge in [-0.05, 0) is 25.8 Å². The molecule has 2 atom stereocenters. The molecule has 0 amide bonds. The lowest BCUT2D eigenvalue weighted by atomic mass is 10.1. The summed E-state index contributed by atoms with van der Waals surface area (Å²) in [5.74, 6) is 0. The van der Waals surface area contributed by atoms with Crippen molar-refractivity contribution in [1.29, 1.82) is 0 Å². The van der Waals surface area contributed by atoms with Gasteiger partial charge in [0.05, 0.1) is 6.10 Å². The van der Waals surface area contributed by atoms with Crippen LogP contribution in [0.4, 0.5) is 0 Å². The Balaban J connectivity index is 1.85. The van der Waals surface area contributed by atoms with E-state index in [1.165, 1.54) is 11.1 Å². The molecular formula is C13H19NO. The van der Waals surface area contributed by atoms with Crippen molar-refractivity contribution in [2.45, 2.75) is 39.0 Å². The first kappa shape index (κ1) is 10.7. The molecule has 2 heteroatoms. The Morgan fingerprint density at radius 2 is 2.07 bits per heavy atom. The van der Waals surface area contributed by atoms with Crippen molar-refractivity contribution >= 4 is 0 Å². The van der Waals surface area contributed by atoms with Crippen molar-refractivity contribution < 1.29 is 4.74 Å². The lowest BCUT2D eigenvalue weighted by Gasteiger charge is -2.15. The first-order valence-electron chi connectivity index (χ1n) is 5.66. The zero-order chi connectivity index (χ0) is 10.7. The number of ether oxygens (including phenoxy) is 1. The van der Waals surface area contributed by atoms with Crippen molar-refractivity contribution in [3.05, 3.63) is 35.4 Å². The third-order valence-electron chi connectivity index (χ3n) is 3.07. The van der Waals surface area contributed by atoms with Gasteiger partial charge in [0.25, 0.3) is 0 Å². The van der Waals surface area contributed by atoms with E-state index in [-0.39, 0.29) is 0 Å². The molecule has 0 aliphatic carbocycles. The first-order chi connectivity index (χ1) is 7.25. The van der Waals surface area contributed by atoms with Crippen molar-refractivity contribution in [3.8, 4) is 0 Å². The summed E-state index contributed by atoms with van der Waals surface area (Å²) < 4.78 is 5.51. The predicted molar refractivity (Wildman–Crippen MR) is 61.8 cm³/mol. The molecule has 0 unspecified atom stereocenters. The van der Waals surface area contributed by atoms with E-state index in [0.29, 0.717) is 12.1 Å². The molecule has 1 aromatic rings. The second-order valence-corrected chi connectivity index (χ2v) is 4.34. The summed E-state index contributed by atoms with van der Waals surface area (Å²) in [6, 6.07) is 9.20. The van der Waals surface area contributed by atoms with E-state index in [1.807, 2.05) is 0 Å². The van der Waals surface area contributed by atoms with Crippen LogP contribution in [-0.4, -0.2) is 18.8 Å². The highest BCUT2D eigenvalue weighted by atomic mass is 16.5. The fraction of sp³-hybridized carbons (Fsp3) is 0.538. The molecule has 0 bridgehead atoms. The first-order valence-corrected chi connectivity index (χ1v) is 5.66. The third-order valence-corrected chi connectivity index (χ3v) is 3.07. The molecule has 1 N–H and O–H groups in total. The summed E-state index contributed by atoms with van der Waals surface area (Å²) in [5.41, 5.74) is 2.66. The van der Waals surface area contributed by atoms with Crippen LogP contribution in [0.3, 0.4) is 0 Å². The Morgan fingerprint density at radius 1 is 1.33 bits per heavy atom. The average Bonchev–Trinajstić information content (AvgIpc) is 2.63. The molecule has 82 valence electrons. The van der Waals surface area contributed by atoms with E-state index in [9.17, 15) is 0 Å². The zero-order valence-corrected chi connectivity index (χ0v) is 9.49. The summed E-state index contributed by atoms with van der Waals surface area (Å²) in [4.78, 5) is 0. The van der Waals surface area contributed by atoms with Crippen LogP contribution in [0, 0.1) is 6.92 Å². The number of nitrogens with one attached hydrogen (secondary N) is 1. The zero-order valence-electron chi connectivity index (χ0n) is 9.49. The fourth-order valence-electron chi connectivity index (χ4n) is 1.95. The molecule has 1 heterocycles. The van der Waals surface area contributed by atoms with E-state index in [2.05, 4.69) is 43.4 Å². The molecule has 1 fully saturated rings. The van der Waals surface area contributed by atoms with Crippen LogP contribution in [0.1, 0.15) is 24.5 Å². The Bertz CT molecular complexity index is 307. The molecule has 0 spiro atoms. The Kier molecular flexibility index (Phi) is 3.39. The minimum atomic E-state index is 0.357. The normalized spacial score (nSPS) is 25.7. The highest BCUT2D eigenvalue weighted by Crippen LogP contribution is 2.13. The highest BCUT2D eigenvalue weighted by Gasteiger charge is 2.22. The maximum atomic E-state index is 5.51. The van der Waals surface area contributed by atoms with E-state index in [1.54, 1.807) is 0 Å². The molecule has 0 saturated carbocycles. The molecular weight excluding hydrogens is 186 g/mol. The second-order valence-electron chi connectivity index (χ2n) is 4.34. The number of hydrogen-bond donors (Lipinski definition) is 1. The van der Waals surface area contributed by atoms with Crippen molar-refractivity contribution in [1.82, 2.24) is 5.32 Å². The Hall–Kier alpha value is -0.860. The van der Waals surface area contributed by atoms with Crippen LogP contribution in [0.25, 0.3) is 0 Å². The van der Waals surface area contributed by atoms with Gasteiger partial charge in [0.2, 0.25) is 0 Å². The fourth-order valence-corrected chi connectivity index (χ4v) is 1.95. The number of aryl methyl sites for hydroxylation is 1. The third kappa shape index (κ3) is 2.80. The molecule has 2 nitrogen and oxygen atoms in total. The molecule has 2 rings (SSSR count). The summed E-state index contributed by atoms with van der Waals surface area (Å²) in [6.45, 7) is 6.09. The van der Waals surface area contributed by atoms with Gasteiger partial charge < -0.3 is 10.1 Å². The van der Waals surface area contributed by atoms with Gasteiger partial charge in [-0.15, -0.1) is 0 Å². The van der Waals surface area contributed by atoms with Crippen LogP contribution in [0.2, 0.25) is 0 Å². The van der Waals surface area contributed by atoms with Gasteiger partial charge in [0, 0.05) is 19.2 Å². The molecule has 1 aliphatic rings. The summed E-state index contributed by atoms with van der Waals surface area (Å²) in [6.07, 6.45) is 1.49. The Morgan fingerprint density at radius 3 is 2.67 bits per heavy atom. The van der Waals surface area contributed by atoms with Crippen LogP contribution in [0.5, 0.6) is 0 Å². The maximum Gasteiger partial charge on any atom is 0.0700 e. The average molecular weight is 205 g/mol. The molecule has 1 aromatic carbocycles. The summed E-state index contributed by atoms with van der Waals surface area (Å²) in [5, 5.41) is 3.54. The minimum Gasteiger partial charge on any atom is -0.377 e. The van der Waals surface area contributed by atoms with Gasteiger partial charge in [-0.3, -0.25) is 0 Å². The molecule has 15 heavy (non-hydrogen) atoms. The molecule has 1 saturated heterocycles. The van der Waals surface area contributed by atoms with Gasteiger partial charge in [-0.2, -0.15) is 0 Å². The van der Waals surface area contributed by atoms with Crippen LogP contribution < -0.4 is 5.32 Å². The van der Waals surface area contributed by atoms with Gasteiger partial charge in [0.1, 0.15) is 0 Å². The SMILES string of the molecule is Cc1ccc(CN[C@H]2CCO[C@@H]2C)cc1. The van der Waals surface area contributed by atoms with Gasteiger partial charge in [0.15, 0.2) is 0 Å². The number of benzene rings is 1. The second kappa shape index (κ2) is 4.77. The predicted octanol–water partition coefficient (Wildman–Crippen LogP) is 2.26. The lowest BCUT2D eigenvalue weighted by molar-refractivity contribution is 0.113. The monoisotopic (exact) mass is 205 g/mol. The smallest absolute Gasteiger partial charge is 0.0700 e. The summed E-state index contributed by atoms with van der Waals surface area (Å²) in [7, 11) is 0. The minimum absolute atomic E-state index is 0.357. The lowest BCUT2D eigenvalue weighted by Crippen LogP contribution is -2.34. The van der Waals surface area contributed by atoms with Crippen molar-refractivity contribution in [3.63, 3.8) is 0 Å². The quantitative estimate of drug-likeness (QED) is 0.817.